The Morgan fingerprint density at radius 1 is 1.24 bits per heavy atom. The van der Waals surface area contributed by atoms with Crippen molar-refractivity contribution in [3.05, 3.63) is 59.5 Å². The number of aromatic nitrogens is 4. The van der Waals surface area contributed by atoms with Crippen molar-refractivity contribution >= 4 is 5.91 Å². The highest BCUT2D eigenvalue weighted by Crippen LogP contribution is 2.36. The maximum absolute atomic E-state index is 13.1. The average molecular weight is 337 g/mol. The lowest BCUT2D eigenvalue weighted by molar-refractivity contribution is 0.0734. The number of likely N-dealkylation sites (tertiary alicyclic amines) is 1. The van der Waals surface area contributed by atoms with Crippen molar-refractivity contribution in [1.82, 2.24) is 24.8 Å². The van der Waals surface area contributed by atoms with Crippen molar-refractivity contribution in [2.45, 2.75) is 32.7 Å². The van der Waals surface area contributed by atoms with Gasteiger partial charge in [0.05, 0.1) is 11.7 Å². The minimum atomic E-state index is 0.0253. The van der Waals surface area contributed by atoms with Gasteiger partial charge in [-0.1, -0.05) is 11.2 Å². The highest BCUT2D eigenvalue weighted by molar-refractivity contribution is 5.95. The fraction of sp³-hybridized carbons (Fsp3) is 0.333. The van der Waals surface area contributed by atoms with Gasteiger partial charge in [0.2, 0.25) is 0 Å². The van der Waals surface area contributed by atoms with Crippen molar-refractivity contribution < 1.29 is 9.32 Å². The Hall–Kier alpha value is -2.96. The summed E-state index contributed by atoms with van der Waals surface area (Å²) in [6, 6.07) is 7.55. The molecule has 1 aliphatic heterocycles. The van der Waals surface area contributed by atoms with E-state index in [1.807, 2.05) is 43.0 Å². The Morgan fingerprint density at radius 2 is 2.04 bits per heavy atom. The molecule has 7 nitrogen and oxygen atoms in total. The first kappa shape index (κ1) is 15.6. The van der Waals surface area contributed by atoms with Crippen molar-refractivity contribution in [3.8, 4) is 5.69 Å². The number of hydrogen-bond donors (Lipinski definition) is 0. The molecule has 0 unspecified atom stereocenters. The largest absolute Gasteiger partial charge is 0.361 e. The lowest BCUT2D eigenvalue weighted by atomic mass is 10.0. The Bertz CT molecular complexity index is 881. The van der Waals surface area contributed by atoms with Crippen molar-refractivity contribution in [2.24, 2.45) is 0 Å². The van der Waals surface area contributed by atoms with Gasteiger partial charge in [0, 0.05) is 23.4 Å². The summed E-state index contributed by atoms with van der Waals surface area (Å²) < 4.78 is 7.09. The Balaban J connectivity index is 1.65. The average Bonchev–Trinajstić information content (AvgIpc) is 3.36. The van der Waals surface area contributed by atoms with Gasteiger partial charge in [0.25, 0.3) is 5.91 Å². The smallest absolute Gasteiger partial charge is 0.254 e. The second kappa shape index (κ2) is 6.16. The van der Waals surface area contributed by atoms with Gasteiger partial charge in [-0.25, -0.2) is 0 Å². The van der Waals surface area contributed by atoms with E-state index in [9.17, 15) is 4.79 Å². The number of amides is 1. The molecule has 2 aromatic heterocycles. The Morgan fingerprint density at radius 3 is 2.76 bits per heavy atom. The molecule has 1 aromatic carbocycles. The first-order chi connectivity index (χ1) is 12.1. The van der Waals surface area contributed by atoms with Crippen LogP contribution < -0.4 is 0 Å². The standard InChI is InChI=1S/C18H19N5O2/c1-12-17(13(2)25-21-12)16-7-4-8-23(16)18(24)14-5-3-6-15(9-14)22-10-19-20-11-22/h3,5-6,9-11,16H,4,7-8H2,1-2H3/t16-/m0/s1. The zero-order valence-electron chi connectivity index (χ0n) is 14.2. The normalized spacial score (nSPS) is 17.2. The fourth-order valence-electron chi connectivity index (χ4n) is 3.58. The van der Waals surface area contributed by atoms with Crippen LogP contribution in [0.15, 0.2) is 41.4 Å². The van der Waals surface area contributed by atoms with E-state index in [0.717, 1.165) is 42.1 Å². The van der Waals surface area contributed by atoms with Crippen LogP contribution in [0.3, 0.4) is 0 Å². The van der Waals surface area contributed by atoms with Gasteiger partial charge in [0.15, 0.2) is 0 Å². The Kier molecular flexibility index (Phi) is 3.83. The molecule has 1 saturated heterocycles. The topological polar surface area (TPSA) is 77.0 Å². The second-order valence-corrected chi connectivity index (χ2v) is 6.31. The summed E-state index contributed by atoms with van der Waals surface area (Å²) in [5.41, 5.74) is 3.43. The highest BCUT2D eigenvalue weighted by atomic mass is 16.5. The van der Waals surface area contributed by atoms with Gasteiger partial charge in [-0.2, -0.15) is 0 Å². The van der Waals surface area contributed by atoms with Crippen LogP contribution in [-0.4, -0.2) is 37.3 Å². The van der Waals surface area contributed by atoms with Crippen LogP contribution in [0.5, 0.6) is 0 Å². The van der Waals surface area contributed by atoms with E-state index < -0.39 is 0 Å². The molecular weight excluding hydrogens is 318 g/mol. The van der Waals surface area contributed by atoms with Crippen LogP contribution in [0.2, 0.25) is 0 Å². The maximum atomic E-state index is 13.1. The van der Waals surface area contributed by atoms with Crippen molar-refractivity contribution in [1.29, 1.82) is 0 Å². The summed E-state index contributed by atoms with van der Waals surface area (Å²) in [4.78, 5) is 15.1. The quantitative estimate of drug-likeness (QED) is 0.734. The first-order valence-corrected chi connectivity index (χ1v) is 8.34. The van der Waals surface area contributed by atoms with E-state index >= 15 is 0 Å². The SMILES string of the molecule is Cc1noc(C)c1[C@@H]1CCCN1C(=O)c1cccc(-n2cnnc2)c1. The van der Waals surface area contributed by atoms with Gasteiger partial charge in [-0.15, -0.1) is 10.2 Å². The minimum Gasteiger partial charge on any atom is -0.361 e. The summed E-state index contributed by atoms with van der Waals surface area (Å²) in [5.74, 6) is 0.817. The van der Waals surface area contributed by atoms with Crippen LogP contribution in [0, 0.1) is 13.8 Å². The molecule has 7 heteroatoms. The molecule has 0 saturated carbocycles. The van der Waals surface area contributed by atoms with E-state index in [0.29, 0.717) is 5.56 Å². The van der Waals surface area contributed by atoms with Crippen molar-refractivity contribution in [3.63, 3.8) is 0 Å². The van der Waals surface area contributed by atoms with Gasteiger partial charge in [-0.05, 0) is 44.9 Å². The first-order valence-electron chi connectivity index (χ1n) is 8.34. The lowest BCUT2D eigenvalue weighted by Crippen LogP contribution is -2.31. The number of aryl methyl sites for hydroxylation is 2. The molecule has 1 atom stereocenters. The summed E-state index contributed by atoms with van der Waals surface area (Å²) in [5, 5.41) is 11.7. The molecule has 128 valence electrons. The van der Waals surface area contributed by atoms with E-state index in [-0.39, 0.29) is 11.9 Å². The van der Waals surface area contributed by atoms with Gasteiger partial charge >= 0.3 is 0 Å². The summed E-state index contributed by atoms with van der Waals surface area (Å²) >= 11 is 0. The van der Waals surface area contributed by atoms with E-state index in [2.05, 4.69) is 15.4 Å². The van der Waals surface area contributed by atoms with Crippen LogP contribution in [0.25, 0.3) is 5.69 Å². The molecule has 0 spiro atoms. The summed E-state index contributed by atoms with van der Waals surface area (Å²) in [6.07, 6.45) is 5.14. The van der Waals surface area contributed by atoms with Gasteiger partial charge in [-0.3, -0.25) is 9.36 Å². The van der Waals surface area contributed by atoms with Gasteiger partial charge < -0.3 is 9.42 Å². The summed E-state index contributed by atoms with van der Waals surface area (Å²) in [7, 11) is 0. The fourth-order valence-corrected chi connectivity index (χ4v) is 3.58. The van der Waals surface area contributed by atoms with Crippen LogP contribution >= 0.6 is 0 Å². The molecule has 0 aliphatic carbocycles. The Labute approximate surface area is 145 Å². The number of carbonyl (C=O) groups is 1. The predicted octanol–water partition coefficient (Wildman–Crippen LogP) is 2.85. The van der Waals surface area contributed by atoms with Gasteiger partial charge in [0.1, 0.15) is 18.4 Å². The number of rotatable bonds is 3. The second-order valence-electron chi connectivity index (χ2n) is 6.31. The number of carbonyl (C=O) groups excluding carboxylic acids is 1. The molecule has 4 rings (SSSR count). The third kappa shape index (κ3) is 2.71. The predicted molar refractivity (Wildman–Crippen MR) is 90.3 cm³/mol. The molecule has 0 N–H and O–H groups in total. The van der Waals surface area contributed by atoms with Crippen LogP contribution in [0.1, 0.15) is 46.3 Å². The van der Waals surface area contributed by atoms with E-state index in [1.54, 1.807) is 17.2 Å². The minimum absolute atomic E-state index is 0.0253. The molecule has 3 heterocycles. The summed E-state index contributed by atoms with van der Waals surface area (Å²) in [6.45, 7) is 4.58. The molecule has 1 fully saturated rings. The van der Waals surface area contributed by atoms with E-state index in [4.69, 9.17) is 4.52 Å². The van der Waals surface area contributed by atoms with Crippen LogP contribution in [-0.2, 0) is 0 Å². The molecule has 3 aromatic rings. The molecule has 0 radical (unpaired) electrons. The van der Waals surface area contributed by atoms with Crippen LogP contribution in [0.4, 0.5) is 0 Å². The molecule has 1 amide bonds. The molecule has 1 aliphatic rings. The molecule has 0 bridgehead atoms. The van der Waals surface area contributed by atoms with E-state index in [1.165, 1.54) is 0 Å². The molecule has 25 heavy (non-hydrogen) atoms. The number of benzene rings is 1. The monoisotopic (exact) mass is 337 g/mol. The lowest BCUT2D eigenvalue weighted by Gasteiger charge is -2.25. The zero-order valence-corrected chi connectivity index (χ0v) is 14.2. The number of nitrogens with zero attached hydrogens (tertiary/aromatic N) is 5. The number of hydrogen-bond acceptors (Lipinski definition) is 5. The maximum Gasteiger partial charge on any atom is 0.254 e. The highest BCUT2D eigenvalue weighted by Gasteiger charge is 2.34. The third-order valence-electron chi connectivity index (χ3n) is 4.75. The van der Waals surface area contributed by atoms with Crippen molar-refractivity contribution in [2.75, 3.05) is 6.54 Å². The third-order valence-corrected chi connectivity index (χ3v) is 4.75. The molecular formula is C18H19N5O2. The zero-order chi connectivity index (χ0) is 17.4.